The molecule has 0 aliphatic carbocycles. The first-order valence-corrected chi connectivity index (χ1v) is 8.00. The van der Waals surface area contributed by atoms with Crippen LogP contribution in [-0.4, -0.2) is 36.1 Å². The van der Waals surface area contributed by atoms with Crippen LogP contribution < -0.4 is 5.32 Å². The summed E-state index contributed by atoms with van der Waals surface area (Å²) in [5, 5.41) is 4.19. The molecule has 2 heterocycles. The number of carbonyl (C=O) groups excluding carboxylic acids is 1. The average Bonchev–Trinajstić information content (AvgIpc) is 3.09. The molecule has 2 saturated heterocycles. The van der Waals surface area contributed by atoms with Crippen molar-refractivity contribution in [3.63, 3.8) is 0 Å². The molecule has 1 aromatic rings. The smallest absolute Gasteiger partial charge is 0.241 e. The topological polar surface area (TPSA) is 41.6 Å². The van der Waals surface area contributed by atoms with Crippen molar-refractivity contribution in [2.45, 2.75) is 44.4 Å². The van der Waals surface area contributed by atoms with Crippen molar-refractivity contribution < 1.29 is 9.53 Å². The molecular weight excluding hydrogens is 288 g/mol. The summed E-state index contributed by atoms with van der Waals surface area (Å²) in [4.78, 5) is 14.7. The molecule has 0 spiro atoms. The summed E-state index contributed by atoms with van der Waals surface area (Å²) in [6.45, 7) is 3.48. The second-order valence-electron chi connectivity index (χ2n) is 5.72. The average molecular weight is 309 g/mol. The Morgan fingerprint density at radius 1 is 1.38 bits per heavy atom. The third kappa shape index (κ3) is 2.93. The van der Waals surface area contributed by atoms with Crippen LogP contribution in [0.2, 0.25) is 5.02 Å². The Kier molecular flexibility index (Phi) is 4.48. The number of rotatable bonds is 4. The van der Waals surface area contributed by atoms with E-state index in [1.54, 1.807) is 0 Å². The summed E-state index contributed by atoms with van der Waals surface area (Å²) in [5.74, 6) is 0.201. The highest BCUT2D eigenvalue weighted by Crippen LogP contribution is 2.32. The van der Waals surface area contributed by atoms with Crippen LogP contribution >= 0.6 is 11.6 Å². The van der Waals surface area contributed by atoms with E-state index in [0.29, 0.717) is 11.6 Å². The predicted molar refractivity (Wildman–Crippen MR) is 82.1 cm³/mol. The number of nitrogens with zero attached hydrogens (tertiary/aromatic N) is 1. The number of ether oxygens (including phenoxy) is 1. The Morgan fingerprint density at radius 2 is 2.14 bits per heavy atom. The van der Waals surface area contributed by atoms with Crippen molar-refractivity contribution in [3.8, 4) is 0 Å². The lowest BCUT2D eigenvalue weighted by Gasteiger charge is -2.29. The van der Waals surface area contributed by atoms with Gasteiger partial charge < -0.3 is 9.64 Å². The molecular formula is C16H21ClN2O2. The van der Waals surface area contributed by atoms with Gasteiger partial charge in [0.25, 0.3) is 0 Å². The van der Waals surface area contributed by atoms with Gasteiger partial charge in [0.05, 0.1) is 18.7 Å². The molecule has 1 aromatic carbocycles. The zero-order valence-electron chi connectivity index (χ0n) is 12.2. The minimum absolute atomic E-state index is 0.0713. The fourth-order valence-corrected chi connectivity index (χ4v) is 3.30. The van der Waals surface area contributed by atoms with E-state index in [2.05, 4.69) is 12.2 Å². The van der Waals surface area contributed by atoms with E-state index in [1.807, 2.05) is 29.2 Å². The lowest BCUT2D eigenvalue weighted by molar-refractivity contribution is -0.132. The van der Waals surface area contributed by atoms with Crippen molar-refractivity contribution in [1.29, 1.82) is 0 Å². The highest BCUT2D eigenvalue weighted by Gasteiger charge is 2.43. The predicted octanol–water partition coefficient (Wildman–Crippen LogP) is 2.73. The summed E-state index contributed by atoms with van der Waals surface area (Å²) < 4.78 is 5.47. The van der Waals surface area contributed by atoms with Crippen LogP contribution in [0.4, 0.5) is 0 Å². The maximum atomic E-state index is 12.7. The minimum Gasteiger partial charge on any atom is -0.379 e. The van der Waals surface area contributed by atoms with Crippen molar-refractivity contribution in [2.75, 3.05) is 13.2 Å². The van der Waals surface area contributed by atoms with E-state index in [1.165, 1.54) is 0 Å². The van der Waals surface area contributed by atoms with E-state index in [0.717, 1.165) is 31.4 Å². The monoisotopic (exact) mass is 308 g/mol. The van der Waals surface area contributed by atoms with Gasteiger partial charge >= 0.3 is 0 Å². The number of hydrogen-bond donors (Lipinski definition) is 1. The molecule has 0 saturated carbocycles. The molecule has 2 fully saturated rings. The Balaban J connectivity index is 1.87. The van der Waals surface area contributed by atoms with Crippen molar-refractivity contribution in [1.82, 2.24) is 10.2 Å². The van der Waals surface area contributed by atoms with Gasteiger partial charge in [-0.25, -0.2) is 0 Å². The molecule has 1 amide bonds. The quantitative estimate of drug-likeness (QED) is 0.930. The molecule has 2 aliphatic heterocycles. The summed E-state index contributed by atoms with van der Waals surface area (Å²) in [5.41, 5.74) is 1.08. The van der Waals surface area contributed by atoms with Crippen LogP contribution in [-0.2, 0) is 9.53 Å². The molecule has 1 N–H and O–H groups in total. The zero-order valence-corrected chi connectivity index (χ0v) is 13.0. The van der Waals surface area contributed by atoms with E-state index in [-0.39, 0.29) is 24.2 Å². The van der Waals surface area contributed by atoms with Gasteiger partial charge in [0.2, 0.25) is 5.91 Å². The third-order valence-electron chi connectivity index (χ3n) is 4.25. The van der Waals surface area contributed by atoms with Gasteiger partial charge in [-0.15, -0.1) is 0 Å². The highest BCUT2D eigenvalue weighted by atomic mass is 35.5. The Hall–Kier alpha value is -1.10. The first-order chi connectivity index (χ1) is 10.2. The summed E-state index contributed by atoms with van der Waals surface area (Å²) >= 11 is 5.97. The Labute approximate surface area is 130 Å². The molecule has 5 heteroatoms. The highest BCUT2D eigenvalue weighted by molar-refractivity contribution is 6.30. The third-order valence-corrected chi connectivity index (χ3v) is 4.50. The van der Waals surface area contributed by atoms with Crippen LogP contribution in [0.15, 0.2) is 24.3 Å². The maximum Gasteiger partial charge on any atom is 0.241 e. The van der Waals surface area contributed by atoms with E-state index in [4.69, 9.17) is 16.3 Å². The number of carbonyl (C=O) groups is 1. The van der Waals surface area contributed by atoms with Gasteiger partial charge in [0, 0.05) is 11.6 Å². The van der Waals surface area contributed by atoms with Gasteiger partial charge in [-0.05, 0) is 30.5 Å². The van der Waals surface area contributed by atoms with Gasteiger partial charge in [0.1, 0.15) is 6.17 Å². The van der Waals surface area contributed by atoms with Gasteiger partial charge in [-0.3, -0.25) is 10.1 Å². The largest absolute Gasteiger partial charge is 0.379 e. The number of nitrogens with one attached hydrogen (secondary N) is 1. The number of benzene rings is 1. The van der Waals surface area contributed by atoms with E-state index in [9.17, 15) is 4.79 Å². The van der Waals surface area contributed by atoms with Gasteiger partial charge in [0.15, 0.2) is 0 Å². The minimum atomic E-state index is -0.0868. The molecule has 3 atom stereocenters. The SMILES string of the molecule is CCCC1NC(c2ccc(Cl)cc2)N(C2CCOC2)C1=O. The molecule has 21 heavy (non-hydrogen) atoms. The van der Waals surface area contributed by atoms with Crippen LogP contribution in [0.25, 0.3) is 0 Å². The van der Waals surface area contributed by atoms with Crippen LogP contribution in [0.5, 0.6) is 0 Å². The lowest BCUT2D eigenvalue weighted by Crippen LogP contribution is -2.40. The lowest BCUT2D eigenvalue weighted by atomic mass is 10.1. The standard InChI is InChI=1S/C16H21ClN2O2/c1-2-3-14-16(20)19(13-8-9-21-10-13)15(18-14)11-4-6-12(17)7-5-11/h4-7,13-15,18H,2-3,8-10H2,1H3. The number of amides is 1. The summed E-state index contributed by atoms with van der Waals surface area (Å²) in [6, 6.07) is 7.82. The van der Waals surface area contributed by atoms with Crippen molar-refractivity contribution in [3.05, 3.63) is 34.9 Å². The second kappa shape index (κ2) is 6.34. The summed E-state index contributed by atoms with van der Waals surface area (Å²) in [6.07, 6.45) is 2.70. The van der Waals surface area contributed by atoms with Crippen molar-refractivity contribution >= 4 is 17.5 Å². The maximum absolute atomic E-state index is 12.7. The number of hydrogen-bond acceptors (Lipinski definition) is 3. The first-order valence-electron chi connectivity index (χ1n) is 7.62. The molecule has 2 aliphatic rings. The molecule has 0 aromatic heterocycles. The van der Waals surface area contributed by atoms with E-state index >= 15 is 0 Å². The Bertz CT molecular complexity index is 500. The molecule has 114 valence electrons. The zero-order chi connectivity index (χ0) is 14.8. The normalized spacial score (nSPS) is 29.3. The number of halogens is 1. The van der Waals surface area contributed by atoms with Gasteiger partial charge in [-0.2, -0.15) is 0 Å². The molecule has 3 rings (SSSR count). The van der Waals surface area contributed by atoms with Gasteiger partial charge in [-0.1, -0.05) is 37.1 Å². The van der Waals surface area contributed by atoms with Crippen molar-refractivity contribution in [2.24, 2.45) is 0 Å². The van der Waals surface area contributed by atoms with Crippen LogP contribution in [0.3, 0.4) is 0 Å². The first kappa shape index (κ1) is 14.8. The van der Waals surface area contributed by atoms with E-state index < -0.39 is 0 Å². The fraction of sp³-hybridized carbons (Fsp3) is 0.562. The fourth-order valence-electron chi connectivity index (χ4n) is 3.18. The molecule has 4 nitrogen and oxygen atoms in total. The Morgan fingerprint density at radius 3 is 2.76 bits per heavy atom. The molecule has 0 bridgehead atoms. The van der Waals surface area contributed by atoms with Crippen LogP contribution in [0, 0.1) is 0 Å². The summed E-state index contributed by atoms with van der Waals surface area (Å²) in [7, 11) is 0. The molecule has 3 unspecified atom stereocenters. The van der Waals surface area contributed by atoms with Crippen LogP contribution in [0.1, 0.15) is 37.9 Å². The molecule has 0 radical (unpaired) electrons. The second-order valence-corrected chi connectivity index (χ2v) is 6.16.